The maximum absolute atomic E-state index is 6.76. The van der Waals surface area contributed by atoms with Crippen LogP contribution in [0.5, 0.6) is 0 Å². The summed E-state index contributed by atoms with van der Waals surface area (Å²) < 4.78 is 19.3. The lowest BCUT2D eigenvalue weighted by molar-refractivity contribution is -0.327. The molecule has 4 atom stereocenters. The van der Waals surface area contributed by atoms with Gasteiger partial charge in [-0.05, 0) is 62.2 Å². The van der Waals surface area contributed by atoms with E-state index in [1.54, 1.807) is 0 Å². The summed E-state index contributed by atoms with van der Waals surface area (Å²) >= 11 is 0. The van der Waals surface area contributed by atoms with Crippen molar-refractivity contribution in [2.24, 2.45) is 11.8 Å². The van der Waals surface area contributed by atoms with Gasteiger partial charge in [-0.3, -0.25) is 0 Å². The fraction of sp³-hybridized carbons (Fsp3) is 0.351. The van der Waals surface area contributed by atoms with E-state index < -0.39 is 13.0 Å². The van der Waals surface area contributed by atoms with Crippen LogP contribution in [0, 0.1) is 11.8 Å². The van der Waals surface area contributed by atoms with Crippen LogP contribution >= 0.6 is 7.26 Å². The van der Waals surface area contributed by atoms with Crippen LogP contribution in [0.2, 0.25) is 0 Å². The molecule has 4 aromatic rings. The largest absolute Gasteiger partial charge is 1.00 e. The lowest BCUT2D eigenvalue weighted by Gasteiger charge is -2.47. The molecule has 4 aromatic carbocycles. The summed E-state index contributed by atoms with van der Waals surface area (Å²) in [6.45, 7) is 10.1. The highest BCUT2D eigenvalue weighted by Gasteiger charge is 2.50. The highest BCUT2D eigenvalue weighted by atomic mass is 127. The standard InChI is InChI=1S/C37H44O3P.HI/c1-29(36-30(2)35(39-37(3,4)40-36)25-26-38-27-31-17-9-5-10-18-31)28-41(32-19-11-6-12-20-32,33-21-13-7-14-22-33)34-23-15-8-16-24-34;/h5-24,29-30,35-36H,25-28H2,1-4H3;1H/q+1;/p-1/t29-,30+,35-,36-;/m0./s1. The van der Waals surface area contributed by atoms with Crippen LogP contribution in [0.3, 0.4) is 0 Å². The number of halogens is 1. The predicted molar refractivity (Wildman–Crippen MR) is 173 cm³/mol. The average molecular weight is 695 g/mol. The van der Waals surface area contributed by atoms with Crippen LogP contribution < -0.4 is 39.9 Å². The van der Waals surface area contributed by atoms with Gasteiger partial charge in [-0.2, -0.15) is 0 Å². The maximum atomic E-state index is 6.76. The SMILES string of the molecule is C[C@H]1[C@H]([C@@H](C)C[P+](c2ccccc2)(c2ccccc2)c2ccccc2)OC(C)(C)O[C@H]1CCOCc1ccccc1.[I-]. The minimum absolute atomic E-state index is 0. The van der Waals surface area contributed by atoms with Gasteiger partial charge >= 0.3 is 0 Å². The van der Waals surface area contributed by atoms with Crippen LogP contribution in [0.25, 0.3) is 0 Å². The van der Waals surface area contributed by atoms with Crippen LogP contribution in [0.4, 0.5) is 0 Å². The molecule has 222 valence electrons. The van der Waals surface area contributed by atoms with Crippen molar-refractivity contribution in [1.82, 2.24) is 0 Å². The number of ether oxygens (including phenoxy) is 3. The molecular formula is C37H44IO3P. The van der Waals surface area contributed by atoms with Crippen LogP contribution in [-0.2, 0) is 20.8 Å². The van der Waals surface area contributed by atoms with Gasteiger partial charge in [0.15, 0.2) is 5.79 Å². The second kappa shape index (κ2) is 15.1. The Bertz CT molecular complexity index is 1240. The Morgan fingerprint density at radius 2 is 1.17 bits per heavy atom. The van der Waals surface area contributed by atoms with Gasteiger partial charge in [-0.25, -0.2) is 0 Å². The molecule has 0 saturated carbocycles. The van der Waals surface area contributed by atoms with Crippen molar-refractivity contribution in [3.8, 4) is 0 Å². The molecule has 0 unspecified atom stereocenters. The van der Waals surface area contributed by atoms with Crippen LogP contribution in [-0.4, -0.2) is 30.8 Å². The number of hydrogen-bond acceptors (Lipinski definition) is 3. The summed E-state index contributed by atoms with van der Waals surface area (Å²) in [5.41, 5.74) is 1.20. The third-order valence-corrected chi connectivity index (χ3v) is 13.0. The van der Waals surface area contributed by atoms with Crippen molar-refractivity contribution in [3.63, 3.8) is 0 Å². The highest BCUT2D eigenvalue weighted by molar-refractivity contribution is 7.95. The Hall–Kier alpha value is -2.08. The molecule has 1 aliphatic rings. The molecule has 5 heteroatoms. The summed E-state index contributed by atoms with van der Waals surface area (Å²) in [5.74, 6) is -0.111. The van der Waals surface area contributed by atoms with Crippen molar-refractivity contribution in [1.29, 1.82) is 0 Å². The summed E-state index contributed by atoms with van der Waals surface area (Å²) in [7, 11) is -1.97. The normalized spacial score (nSPS) is 20.8. The first kappa shape index (κ1) is 32.8. The molecule has 0 radical (unpaired) electrons. The molecule has 1 heterocycles. The molecule has 0 spiro atoms. The lowest BCUT2D eigenvalue weighted by Crippen LogP contribution is -3.00. The van der Waals surface area contributed by atoms with Crippen molar-refractivity contribution in [2.45, 2.75) is 58.7 Å². The predicted octanol–water partition coefficient (Wildman–Crippen LogP) is 4.38. The zero-order valence-corrected chi connectivity index (χ0v) is 28.3. The highest BCUT2D eigenvalue weighted by Crippen LogP contribution is 2.57. The van der Waals surface area contributed by atoms with Crippen molar-refractivity contribution in [2.75, 3.05) is 12.8 Å². The Balaban J connectivity index is 0.00000405. The molecule has 1 fully saturated rings. The second-order valence-electron chi connectivity index (χ2n) is 11.8. The van der Waals surface area contributed by atoms with Gasteiger partial charge in [0.05, 0.1) is 25.0 Å². The summed E-state index contributed by atoms with van der Waals surface area (Å²) in [5, 5.41) is 4.23. The monoisotopic (exact) mass is 694 g/mol. The zero-order valence-electron chi connectivity index (χ0n) is 25.2. The molecule has 1 saturated heterocycles. The minimum Gasteiger partial charge on any atom is -1.00 e. The first-order valence-electron chi connectivity index (χ1n) is 14.9. The minimum atomic E-state index is -1.97. The van der Waals surface area contributed by atoms with E-state index in [4.69, 9.17) is 14.2 Å². The number of hydrogen-bond donors (Lipinski definition) is 0. The first-order valence-corrected chi connectivity index (χ1v) is 16.9. The Morgan fingerprint density at radius 3 is 1.64 bits per heavy atom. The molecule has 3 nitrogen and oxygen atoms in total. The van der Waals surface area contributed by atoms with Gasteiger partial charge < -0.3 is 38.2 Å². The maximum Gasteiger partial charge on any atom is 0.163 e. The van der Waals surface area contributed by atoms with Crippen LogP contribution in [0.1, 0.15) is 39.7 Å². The van der Waals surface area contributed by atoms with E-state index in [2.05, 4.69) is 143 Å². The smallest absolute Gasteiger partial charge is 0.163 e. The molecule has 0 bridgehead atoms. The molecule has 0 N–H and O–H groups in total. The average Bonchev–Trinajstić information content (AvgIpc) is 3.01. The second-order valence-corrected chi connectivity index (χ2v) is 15.3. The first-order chi connectivity index (χ1) is 19.9. The molecule has 5 rings (SSSR count). The zero-order chi connectivity index (χ0) is 28.7. The Labute approximate surface area is 270 Å². The molecule has 42 heavy (non-hydrogen) atoms. The molecule has 0 aromatic heterocycles. The van der Waals surface area contributed by atoms with E-state index >= 15 is 0 Å². The van der Waals surface area contributed by atoms with Crippen LogP contribution in [0.15, 0.2) is 121 Å². The summed E-state index contributed by atoms with van der Waals surface area (Å²) in [6, 6.07) is 43.8. The fourth-order valence-electron chi connectivity index (χ4n) is 6.41. The Kier molecular flexibility index (Phi) is 11.8. The van der Waals surface area contributed by atoms with Crippen molar-refractivity contribution < 1.29 is 38.2 Å². The fourth-order valence-corrected chi connectivity index (χ4v) is 11.1. The van der Waals surface area contributed by atoms with E-state index in [0.29, 0.717) is 19.1 Å². The number of rotatable bonds is 11. The van der Waals surface area contributed by atoms with E-state index in [0.717, 1.165) is 12.6 Å². The summed E-state index contributed by atoms with van der Waals surface area (Å²) in [4.78, 5) is 0. The van der Waals surface area contributed by atoms with E-state index in [1.165, 1.54) is 21.5 Å². The van der Waals surface area contributed by atoms with E-state index in [-0.39, 0.29) is 42.1 Å². The lowest BCUT2D eigenvalue weighted by atomic mass is 9.87. The van der Waals surface area contributed by atoms with Gasteiger partial charge in [0.25, 0.3) is 0 Å². The molecule has 1 aliphatic heterocycles. The number of benzene rings is 4. The van der Waals surface area contributed by atoms with Gasteiger partial charge in [0, 0.05) is 18.4 Å². The third kappa shape index (κ3) is 7.70. The van der Waals surface area contributed by atoms with Crippen molar-refractivity contribution in [3.05, 3.63) is 127 Å². The topological polar surface area (TPSA) is 27.7 Å². The quantitative estimate of drug-likeness (QED) is 0.133. The molecule has 0 amide bonds. The van der Waals surface area contributed by atoms with E-state index in [9.17, 15) is 0 Å². The molecule has 0 aliphatic carbocycles. The van der Waals surface area contributed by atoms with Gasteiger partial charge in [0.2, 0.25) is 0 Å². The molecular weight excluding hydrogens is 650 g/mol. The Morgan fingerprint density at radius 1 is 0.714 bits per heavy atom. The van der Waals surface area contributed by atoms with E-state index in [1.807, 2.05) is 6.07 Å². The van der Waals surface area contributed by atoms with Gasteiger partial charge in [-0.1, -0.05) is 98.8 Å². The van der Waals surface area contributed by atoms with Gasteiger partial charge in [0.1, 0.15) is 23.2 Å². The summed E-state index contributed by atoms with van der Waals surface area (Å²) in [6.07, 6.45) is 2.00. The third-order valence-electron chi connectivity index (χ3n) is 8.33. The van der Waals surface area contributed by atoms with Gasteiger partial charge in [-0.15, -0.1) is 0 Å². The van der Waals surface area contributed by atoms with Crippen molar-refractivity contribution >= 4 is 23.2 Å².